The van der Waals surface area contributed by atoms with Gasteiger partial charge in [0.05, 0.1) is 24.2 Å². The number of nitrogens with two attached hydrogens (primary N) is 1. The van der Waals surface area contributed by atoms with Crippen LogP contribution in [0.5, 0.6) is 5.75 Å². The third-order valence-electron chi connectivity index (χ3n) is 2.06. The standard InChI is InChI=1S/C10H12FNO5S/c1-3-17-10(13)6-4-8(16-2)7(11)5-9(6)18(12,14)15/h4-5H,3H2,1-2H3,(H2,12,14,15). The zero-order valence-corrected chi connectivity index (χ0v) is 10.6. The van der Waals surface area contributed by atoms with Gasteiger partial charge in [0.1, 0.15) is 0 Å². The predicted octanol–water partition coefficient (Wildman–Crippen LogP) is 0.658. The molecule has 0 aromatic heterocycles. The molecule has 0 spiro atoms. The Morgan fingerprint density at radius 3 is 2.50 bits per heavy atom. The van der Waals surface area contributed by atoms with E-state index < -0.39 is 26.7 Å². The first-order valence-corrected chi connectivity index (χ1v) is 6.43. The molecule has 0 saturated heterocycles. The van der Waals surface area contributed by atoms with Crippen LogP contribution in [-0.2, 0) is 14.8 Å². The molecule has 18 heavy (non-hydrogen) atoms. The predicted molar refractivity (Wildman–Crippen MR) is 60.3 cm³/mol. The highest BCUT2D eigenvalue weighted by Crippen LogP contribution is 2.25. The maximum Gasteiger partial charge on any atom is 0.339 e. The number of ether oxygens (including phenoxy) is 2. The van der Waals surface area contributed by atoms with E-state index in [4.69, 9.17) is 5.14 Å². The van der Waals surface area contributed by atoms with E-state index in [-0.39, 0.29) is 17.9 Å². The van der Waals surface area contributed by atoms with Gasteiger partial charge in [-0.25, -0.2) is 22.7 Å². The Bertz CT molecular complexity index is 570. The van der Waals surface area contributed by atoms with Gasteiger partial charge in [0.25, 0.3) is 0 Å². The lowest BCUT2D eigenvalue weighted by atomic mass is 10.2. The number of carbonyl (C=O) groups excluding carboxylic acids is 1. The first-order chi connectivity index (χ1) is 8.31. The number of hydrogen-bond acceptors (Lipinski definition) is 5. The monoisotopic (exact) mass is 277 g/mol. The maximum absolute atomic E-state index is 13.4. The van der Waals surface area contributed by atoms with Crippen LogP contribution in [0.25, 0.3) is 0 Å². The van der Waals surface area contributed by atoms with Crippen LogP contribution < -0.4 is 9.88 Å². The molecular weight excluding hydrogens is 265 g/mol. The van der Waals surface area contributed by atoms with Gasteiger partial charge in [0, 0.05) is 0 Å². The molecule has 0 saturated carbocycles. The van der Waals surface area contributed by atoms with Crippen molar-refractivity contribution in [1.29, 1.82) is 0 Å². The van der Waals surface area contributed by atoms with E-state index in [2.05, 4.69) is 9.47 Å². The van der Waals surface area contributed by atoms with Crippen molar-refractivity contribution in [1.82, 2.24) is 0 Å². The molecule has 100 valence electrons. The summed E-state index contributed by atoms with van der Waals surface area (Å²) in [6.45, 7) is 1.60. The highest BCUT2D eigenvalue weighted by molar-refractivity contribution is 7.89. The lowest BCUT2D eigenvalue weighted by Gasteiger charge is -2.10. The van der Waals surface area contributed by atoms with E-state index in [1.165, 1.54) is 7.11 Å². The zero-order valence-electron chi connectivity index (χ0n) is 9.77. The van der Waals surface area contributed by atoms with Crippen molar-refractivity contribution in [3.63, 3.8) is 0 Å². The Morgan fingerprint density at radius 2 is 2.06 bits per heavy atom. The second kappa shape index (κ2) is 5.32. The van der Waals surface area contributed by atoms with Gasteiger partial charge in [-0.05, 0) is 19.1 Å². The Morgan fingerprint density at radius 1 is 1.44 bits per heavy atom. The summed E-state index contributed by atoms with van der Waals surface area (Å²) in [6, 6.07) is 1.56. The summed E-state index contributed by atoms with van der Waals surface area (Å²) in [5.41, 5.74) is -0.363. The van der Waals surface area contributed by atoms with Gasteiger partial charge in [-0.2, -0.15) is 0 Å². The van der Waals surface area contributed by atoms with Crippen LogP contribution in [0.3, 0.4) is 0 Å². The average molecular weight is 277 g/mol. The molecular formula is C10H12FNO5S. The smallest absolute Gasteiger partial charge is 0.339 e. The highest BCUT2D eigenvalue weighted by Gasteiger charge is 2.23. The summed E-state index contributed by atoms with van der Waals surface area (Å²) in [7, 11) is -3.06. The second-order valence-corrected chi connectivity index (χ2v) is 4.78. The van der Waals surface area contributed by atoms with Gasteiger partial charge in [0.15, 0.2) is 11.6 Å². The minimum absolute atomic E-state index is 0.0442. The summed E-state index contributed by atoms with van der Waals surface area (Å²) in [5, 5.41) is 4.91. The van der Waals surface area contributed by atoms with Gasteiger partial charge >= 0.3 is 5.97 Å². The van der Waals surface area contributed by atoms with E-state index in [0.29, 0.717) is 6.07 Å². The Kier molecular flexibility index (Phi) is 4.25. The van der Waals surface area contributed by atoms with E-state index >= 15 is 0 Å². The Labute approximate surface area is 104 Å². The van der Waals surface area contributed by atoms with Crippen LogP contribution in [0.1, 0.15) is 17.3 Å². The fourth-order valence-corrected chi connectivity index (χ4v) is 2.01. The summed E-state index contributed by atoms with van der Waals surface area (Å²) in [5.74, 6) is -2.13. The highest BCUT2D eigenvalue weighted by atomic mass is 32.2. The molecule has 0 aliphatic heterocycles. The number of hydrogen-bond donors (Lipinski definition) is 1. The van der Waals surface area contributed by atoms with Gasteiger partial charge in [-0.3, -0.25) is 0 Å². The third kappa shape index (κ3) is 2.96. The van der Waals surface area contributed by atoms with Crippen LogP contribution >= 0.6 is 0 Å². The fourth-order valence-electron chi connectivity index (χ4n) is 1.30. The largest absolute Gasteiger partial charge is 0.494 e. The molecule has 0 bridgehead atoms. The Balaban J connectivity index is 3.50. The van der Waals surface area contributed by atoms with Gasteiger partial charge in [0.2, 0.25) is 10.0 Å². The minimum atomic E-state index is -4.24. The van der Waals surface area contributed by atoms with Gasteiger partial charge < -0.3 is 9.47 Å². The van der Waals surface area contributed by atoms with Crippen LogP contribution in [0, 0.1) is 5.82 Å². The first-order valence-electron chi connectivity index (χ1n) is 4.88. The molecule has 0 unspecified atom stereocenters. The molecule has 0 amide bonds. The zero-order chi connectivity index (χ0) is 13.9. The van der Waals surface area contributed by atoms with Crippen molar-refractivity contribution < 1.29 is 27.1 Å². The molecule has 0 aliphatic rings. The fraction of sp³-hybridized carbons (Fsp3) is 0.300. The van der Waals surface area contributed by atoms with Crippen molar-refractivity contribution in [2.75, 3.05) is 13.7 Å². The molecule has 0 heterocycles. The molecule has 6 nitrogen and oxygen atoms in total. The first kappa shape index (κ1) is 14.4. The number of benzene rings is 1. The topological polar surface area (TPSA) is 95.7 Å². The van der Waals surface area contributed by atoms with Crippen LogP contribution in [-0.4, -0.2) is 28.1 Å². The second-order valence-electron chi connectivity index (χ2n) is 3.25. The molecule has 2 N–H and O–H groups in total. The van der Waals surface area contributed by atoms with Gasteiger partial charge in [-0.1, -0.05) is 0 Å². The van der Waals surface area contributed by atoms with E-state index in [1.807, 2.05) is 0 Å². The third-order valence-corrected chi connectivity index (χ3v) is 3.01. The molecule has 0 atom stereocenters. The number of carbonyl (C=O) groups is 1. The van der Waals surface area contributed by atoms with Crippen LogP contribution in [0.4, 0.5) is 4.39 Å². The number of rotatable bonds is 4. The summed E-state index contributed by atoms with van der Waals surface area (Å²) < 4.78 is 45.3. The molecule has 8 heteroatoms. The maximum atomic E-state index is 13.4. The molecule has 1 aromatic rings. The summed E-state index contributed by atoms with van der Waals surface area (Å²) in [4.78, 5) is 10.9. The van der Waals surface area contributed by atoms with Crippen molar-refractivity contribution in [2.45, 2.75) is 11.8 Å². The average Bonchev–Trinajstić information content (AvgIpc) is 2.27. The number of esters is 1. The van der Waals surface area contributed by atoms with E-state index in [0.717, 1.165) is 6.07 Å². The number of methoxy groups -OCH3 is 1. The van der Waals surface area contributed by atoms with Crippen molar-refractivity contribution in [3.8, 4) is 5.75 Å². The lowest BCUT2D eigenvalue weighted by Crippen LogP contribution is -2.18. The molecule has 1 aromatic carbocycles. The van der Waals surface area contributed by atoms with Crippen molar-refractivity contribution in [2.24, 2.45) is 5.14 Å². The number of halogens is 1. The van der Waals surface area contributed by atoms with Gasteiger partial charge in [-0.15, -0.1) is 0 Å². The normalized spacial score (nSPS) is 11.1. The molecule has 0 aliphatic carbocycles. The summed E-state index contributed by atoms with van der Waals surface area (Å²) in [6.07, 6.45) is 0. The number of primary sulfonamides is 1. The van der Waals surface area contributed by atoms with E-state index in [1.54, 1.807) is 6.92 Å². The lowest BCUT2D eigenvalue weighted by molar-refractivity contribution is 0.0521. The minimum Gasteiger partial charge on any atom is -0.494 e. The SMILES string of the molecule is CCOC(=O)c1cc(OC)c(F)cc1S(N)(=O)=O. The van der Waals surface area contributed by atoms with Crippen molar-refractivity contribution in [3.05, 3.63) is 23.5 Å². The van der Waals surface area contributed by atoms with Crippen molar-refractivity contribution >= 4 is 16.0 Å². The molecule has 1 rings (SSSR count). The molecule has 0 radical (unpaired) electrons. The molecule has 0 fully saturated rings. The summed E-state index contributed by atoms with van der Waals surface area (Å²) >= 11 is 0. The van der Waals surface area contributed by atoms with Crippen LogP contribution in [0.2, 0.25) is 0 Å². The number of sulfonamides is 1. The van der Waals surface area contributed by atoms with Crippen LogP contribution in [0.15, 0.2) is 17.0 Å². The quantitative estimate of drug-likeness (QED) is 0.815. The van der Waals surface area contributed by atoms with E-state index in [9.17, 15) is 17.6 Å². The Hall–Kier alpha value is -1.67.